The highest BCUT2D eigenvalue weighted by Crippen LogP contribution is 2.34. The molecule has 2 aliphatic rings. The molecule has 2 amide bonds. The van der Waals surface area contributed by atoms with Gasteiger partial charge in [0.25, 0.3) is 5.91 Å². The quantitative estimate of drug-likeness (QED) is 0.775. The van der Waals surface area contributed by atoms with E-state index in [1.807, 2.05) is 18.2 Å². The topological polar surface area (TPSA) is 66.1 Å². The van der Waals surface area contributed by atoms with E-state index in [0.717, 1.165) is 30.5 Å². The monoisotopic (exact) mass is 393 g/mol. The zero-order valence-corrected chi connectivity index (χ0v) is 17.2. The summed E-state index contributed by atoms with van der Waals surface area (Å²) in [5.41, 5.74) is 4.28. The van der Waals surface area contributed by atoms with Gasteiger partial charge in [-0.05, 0) is 61.6 Å². The summed E-state index contributed by atoms with van der Waals surface area (Å²) < 4.78 is 5.59. The Morgan fingerprint density at radius 2 is 2.00 bits per heavy atom. The van der Waals surface area contributed by atoms with Gasteiger partial charge in [-0.3, -0.25) is 9.59 Å². The summed E-state index contributed by atoms with van der Waals surface area (Å²) in [4.78, 5) is 27.1. The third kappa shape index (κ3) is 3.84. The van der Waals surface area contributed by atoms with Crippen molar-refractivity contribution in [3.8, 4) is 0 Å². The number of amides is 2. The first-order chi connectivity index (χ1) is 13.9. The number of nitrogens with zero attached hydrogens (tertiary/aromatic N) is 3. The number of hydrazone groups is 1. The van der Waals surface area contributed by atoms with Crippen LogP contribution in [0, 0.1) is 19.8 Å². The van der Waals surface area contributed by atoms with E-state index in [2.05, 4.69) is 31.1 Å². The maximum absolute atomic E-state index is 13.1. The zero-order chi connectivity index (χ0) is 20.5. The van der Waals surface area contributed by atoms with Crippen molar-refractivity contribution in [3.63, 3.8) is 0 Å². The van der Waals surface area contributed by atoms with Gasteiger partial charge in [0.15, 0.2) is 0 Å². The fourth-order valence-electron chi connectivity index (χ4n) is 3.86. The van der Waals surface area contributed by atoms with Crippen molar-refractivity contribution >= 4 is 17.5 Å². The van der Waals surface area contributed by atoms with Gasteiger partial charge < -0.3 is 9.32 Å². The van der Waals surface area contributed by atoms with Crippen LogP contribution in [0.1, 0.15) is 54.2 Å². The highest BCUT2D eigenvalue weighted by Gasteiger charge is 2.36. The van der Waals surface area contributed by atoms with Gasteiger partial charge >= 0.3 is 0 Å². The first-order valence-corrected chi connectivity index (χ1v) is 10.2. The second-order valence-corrected chi connectivity index (χ2v) is 8.14. The lowest BCUT2D eigenvalue weighted by atomic mass is 9.84. The van der Waals surface area contributed by atoms with Crippen molar-refractivity contribution in [3.05, 3.63) is 59.0 Å². The second-order valence-electron chi connectivity index (χ2n) is 8.14. The van der Waals surface area contributed by atoms with E-state index in [-0.39, 0.29) is 30.3 Å². The Morgan fingerprint density at radius 1 is 1.21 bits per heavy atom. The molecule has 0 unspecified atom stereocenters. The van der Waals surface area contributed by atoms with Gasteiger partial charge in [-0.1, -0.05) is 18.6 Å². The van der Waals surface area contributed by atoms with Crippen molar-refractivity contribution in [2.75, 3.05) is 13.6 Å². The normalized spacial score (nSPS) is 19.1. The molecule has 1 aromatic carbocycles. The highest BCUT2D eigenvalue weighted by atomic mass is 16.3. The van der Waals surface area contributed by atoms with Gasteiger partial charge in [0.1, 0.15) is 18.3 Å². The molecule has 1 saturated carbocycles. The fraction of sp³-hybridized carbons (Fsp3) is 0.435. The fourth-order valence-corrected chi connectivity index (χ4v) is 3.86. The third-order valence-corrected chi connectivity index (χ3v) is 6.08. The Morgan fingerprint density at radius 3 is 2.62 bits per heavy atom. The molecule has 6 heteroatoms. The van der Waals surface area contributed by atoms with Crippen molar-refractivity contribution in [2.45, 2.75) is 45.6 Å². The van der Waals surface area contributed by atoms with Gasteiger partial charge in [0.05, 0.1) is 12.0 Å². The number of furan rings is 1. The van der Waals surface area contributed by atoms with E-state index in [1.54, 1.807) is 13.3 Å². The van der Waals surface area contributed by atoms with Crippen LogP contribution in [0.25, 0.3) is 0 Å². The maximum Gasteiger partial charge on any atom is 0.262 e. The lowest BCUT2D eigenvalue weighted by Crippen LogP contribution is -2.42. The summed E-state index contributed by atoms with van der Waals surface area (Å²) in [6.07, 6.45) is 5.13. The minimum atomic E-state index is -0.290. The summed E-state index contributed by atoms with van der Waals surface area (Å²) in [5, 5.41) is 6.15. The average molecular weight is 393 g/mol. The zero-order valence-electron chi connectivity index (χ0n) is 17.2. The molecular formula is C23H27N3O3. The number of carbonyl (C=O) groups is 2. The van der Waals surface area contributed by atoms with E-state index in [0.29, 0.717) is 12.2 Å². The van der Waals surface area contributed by atoms with Crippen LogP contribution >= 0.6 is 0 Å². The number of hydrogen-bond donors (Lipinski definition) is 0. The van der Waals surface area contributed by atoms with Crippen LogP contribution in [0.15, 0.2) is 46.1 Å². The van der Waals surface area contributed by atoms with Crippen LogP contribution < -0.4 is 0 Å². The number of likely N-dealkylation sites (N-methyl/N-ethyl adjacent to an activating group) is 1. The lowest BCUT2D eigenvalue weighted by molar-refractivity contribution is -0.144. The van der Waals surface area contributed by atoms with Gasteiger partial charge in [0.2, 0.25) is 5.91 Å². The number of benzene rings is 1. The molecular weight excluding hydrogens is 366 g/mol. The third-order valence-electron chi connectivity index (χ3n) is 6.08. The highest BCUT2D eigenvalue weighted by molar-refractivity contribution is 6.03. The molecule has 0 spiro atoms. The largest absolute Gasteiger partial charge is 0.467 e. The van der Waals surface area contributed by atoms with Gasteiger partial charge in [-0.2, -0.15) is 5.10 Å². The molecule has 29 heavy (non-hydrogen) atoms. The van der Waals surface area contributed by atoms with E-state index >= 15 is 0 Å². The standard InChI is InChI=1S/C23H27N3O3/c1-15-9-10-18(12-16(15)2)19-13-20(21-8-5-11-29-21)26(24-19)22(27)14-25(3)23(28)17-6-4-7-17/h5,8-12,17,20H,4,6-7,13-14H2,1-3H3/t20-/m0/s1. The van der Waals surface area contributed by atoms with Crippen molar-refractivity contribution in [1.29, 1.82) is 0 Å². The number of hydrogen-bond acceptors (Lipinski definition) is 4. The molecule has 2 heterocycles. The molecule has 1 atom stereocenters. The van der Waals surface area contributed by atoms with Gasteiger partial charge in [-0.15, -0.1) is 0 Å². The summed E-state index contributed by atoms with van der Waals surface area (Å²) in [5.74, 6) is 0.632. The lowest BCUT2D eigenvalue weighted by Gasteiger charge is -2.30. The smallest absolute Gasteiger partial charge is 0.262 e. The molecule has 1 aliphatic heterocycles. The summed E-state index contributed by atoms with van der Waals surface area (Å²) in [7, 11) is 1.70. The number of aryl methyl sites for hydroxylation is 2. The molecule has 6 nitrogen and oxygen atoms in total. The summed E-state index contributed by atoms with van der Waals surface area (Å²) >= 11 is 0. The minimum absolute atomic E-state index is 0.0241. The first-order valence-electron chi connectivity index (χ1n) is 10.2. The molecule has 0 bridgehead atoms. The summed E-state index contributed by atoms with van der Waals surface area (Å²) in [6.45, 7) is 4.17. The Bertz CT molecular complexity index is 944. The Hall–Kier alpha value is -2.89. The van der Waals surface area contributed by atoms with Crippen LogP contribution in [-0.2, 0) is 9.59 Å². The van der Waals surface area contributed by atoms with Crippen molar-refractivity contribution in [1.82, 2.24) is 9.91 Å². The molecule has 1 fully saturated rings. The molecule has 152 valence electrons. The second kappa shape index (κ2) is 7.85. The van der Waals surface area contributed by atoms with Crippen LogP contribution in [0.4, 0.5) is 0 Å². The van der Waals surface area contributed by atoms with E-state index in [1.165, 1.54) is 21.0 Å². The number of carbonyl (C=O) groups excluding carboxylic acids is 2. The van der Waals surface area contributed by atoms with Crippen LogP contribution in [-0.4, -0.2) is 41.0 Å². The molecule has 2 aromatic rings. The molecule has 0 radical (unpaired) electrons. The minimum Gasteiger partial charge on any atom is -0.467 e. The van der Waals surface area contributed by atoms with E-state index in [4.69, 9.17) is 4.42 Å². The SMILES string of the molecule is Cc1ccc(C2=NN(C(=O)CN(C)C(=O)C3CCC3)[C@H](c3ccco3)C2)cc1C. The van der Waals surface area contributed by atoms with Crippen molar-refractivity contribution < 1.29 is 14.0 Å². The Balaban J connectivity index is 1.56. The molecule has 1 aromatic heterocycles. The van der Waals surface area contributed by atoms with Gasteiger partial charge in [0, 0.05) is 19.4 Å². The number of rotatable bonds is 5. The summed E-state index contributed by atoms with van der Waals surface area (Å²) in [6, 6.07) is 9.62. The maximum atomic E-state index is 13.1. The van der Waals surface area contributed by atoms with Crippen LogP contribution in [0.3, 0.4) is 0 Å². The Kier molecular flexibility index (Phi) is 5.26. The predicted octanol–water partition coefficient (Wildman–Crippen LogP) is 3.83. The van der Waals surface area contributed by atoms with Crippen LogP contribution in [0.2, 0.25) is 0 Å². The molecule has 0 N–H and O–H groups in total. The first kappa shape index (κ1) is 19.4. The molecule has 1 aliphatic carbocycles. The molecule has 0 saturated heterocycles. The van der Waals surface area contributed by atoms with E-state index < -0.39 is 0 Å². The van der Waals surface area contributed by atoms with Gasteiger partial charge in [-0.25, -0.2) is 5.01 Å². The Labute approximate surface area is 171 Å². The molecule has 4 rings (SSSR count). The average Bonchev–Trinajstić information content (AvgIpc) is 3.31. The van der Waals surface area contributed by atoms with Crippen LogP contribution in [0.5, 0.6) is 0 Å². The predicted molar refractivity (Wildman–Crippen MR) is 110 cm³/mol. The van der Waals surface area contributed by atoms with E-state index in [9.17, 15) is 9.59 Å². The van der Waals surface area contributed by atoms with Crippen molar-refractivity contribution in [2.24, 2.45) is 11.0 Å².